The van der Waals surface area contributed by atoms with Gasteiger partial charge < -0.3 is 4.74 Å². The third-order valence-electron chi connectivity index (χ3n) is 2.34. The van der Waals surface area contributed by atoms with E-state index in [1.807, 2.05) is 6.08 Å². The maximum Gasteiger partial charge on any atom is 0.0579 e. The maximum absolute atomic E-state index is 5.82. The predicted molar refractivity (Wildman–Crippen MR) is 52.6 cm³/mol. The maximum atomic E-state index is 5.82. The Balaban J connectivity index is 2.20. The lowest BCUT2D eigenvalue weighted by Crippen LogP contribution is -2.13. The fourth-order valence-electron chi connectivity index (χ4n) is 1.66. The van der Waals surface area contributed by atoms with Gasteiger partial charge in [-0.2, -0.15) is 0 Å². The second-order valence-corrected chi connectivity index (χ2v) is 3.72. The van der Waals surface area contributed by atoms with E-state index in [4.69, 9.17) is 16.3 Å². The molecular weight excluding hydrogens is 172 g/mol. The summed E-state index contributed by atoms with van der Waals surface area (Å²) in [5.74, 6) is 1.29. The van der Waals surface area contributed by atoms with Crippen LogP contribution in [-0.2, 0) is 4.74 Å². The smallest absolute Gasteiger partial charge is 0.0579 e. The van der Waals surface area contributed by atoms with Crippen molar-refractivity contribution in [3.63, 3.8) is 0 Å². The molecule has 0 saturated carbocycles. The molecule has 12 heavy (non-hydrogen) atoms. The summed E-state index contributed by atoms with van der Waals surface area (Å²) in [6, 6.07) is 0. The number of ether oxygens (including phenoxy) is 1. The van der Waals surface area contributed by atoms with Crippen LogP contribution in [0.2, 0.25) is 0 Å². The topological polar surface area (TPSA) is 9.23 Å². The zero-order valence-corrected chi connectivity index (χ0v) is 8.22. The summed E-state index contributed by atoms with van der Waals surface area (Å²) in [6.07, 6.45) is 6.97. The third-order valence-corrected chi connectivity index (χ3v) is 2.77. The zero-order valence-electron chi connectivity index (χ0n) is 7.47. The van der Waals surface area contributed by atoms with Crippen molar-refractivity contribution in [2.45, 2.75) is 31.8 Å². The van der Waals surface area contributed by atoms with Gasteiger partial charge in [0.15, 0.2) is 0 Å². The summed E-state index contributed by atoms with van der Waals surface area (Å²) < 4.78 is 5.54. The Hall–Kier alpha value is -0.0100. The van der Waals surface area contributed by atoms with Crippen LogP contribution in [0.3, 0.4) is 0 Å². The second-order valence-electron chi connectivity index (χ2n) is 3.42. The van der Waals surface area contributed by atoms with Crippen LogP contribution in [0.15, 0.2) is 12.7 Å². The van der Waals surface area contributed by atoms with E-state index in [-0.39, 0.29) is 0 Å². The van der Waals surface area contributed by atoms with Crippen molar-refractivity contribution in [1.82, 2.24) is 0 Å². The molecule has 0 amide bonds. The van der Waals surface area contributed by atoms with E-state index in [0.29, 0.717) is 12.0 Å². The summed E-state index contributed by atoms with van der Waals surface area (Å²) in [7, 11) is 0. The molecule has 1 fully saturated rings. The fourth-order valence-corrected chi connectivity index (χ4v) is 1.91. The molecule has 0 aliphatic carbocycles. The van der Waals surface area contributed by atoms with Gasteiger partial charge in [-0.3, -0.25) is 0 Å². The van der Waals surface area contributed by atoms with Gasteiger partial charge in [-0.1, -0.05) is 6.08 Å². The van der Waals surface area contributed by atoms with Crippen LogP contribution in [-0.4, -0.2) is 18.6 Å². The Bertz CT molecular complexity index is 130. The molecule has 0 aromatic heterocycles. The minimum atomic E-state index is 0.466. The van der Waals surface area contributed by atoms with Crippen molar-refractivity contribution >= 4 is 11.6 Å². The molecule has 0 spiro atoms. The van der Waals surface area contributed by atoms with Gasteiger partial charge in [-0.25, -0.2) is 0 Å². The van der Waals surface area contributed by atoms with Crippen molar-refractivity contribution in [2.75, 3.05) is 12.5 Å². The van der Waals surface area contributed by atoms with E-state index in [0.717, 1.165) is 25.3 Å². The van der Waals surface area contributed by atoms with E-state index in [1.165, 1.54) is 12.8 Å². The molecule has 1 rings (SSSR count). The van der Waals surface area contributed by atoms with E-state index in [1.54, 1.807) is 0 Å². The van der Waals surface area contributed by atoms with Gasteiger partial charge in [-0.05, 0) is 31.6 Å². The molecule has 70 valence electrons. The van der Waals surface area contributed by atoms with Gasteiger partial charge in [0.25, 0.3) is 0 Å². The lowest BCUT2D eigenvalue weighted by molar-refractivity contribution is 0.0925. The van der Waals surface area contributed by atoms with Gasteiger partial charge in [0.2, 0.25) is 0 Å². The lowest BCUT2D eigenvalue weighted by Gasteiger charge is -2.15. The standard InChI is InChI=1S/C10H17ClO/c1-2-4-9(8-11)7-10-5-3-6-12-10/h2,9-10H,1,3-8H2/t9?,10-/m1/s1. The average molecular weight is 189 g/mol. The van der Waals surface area contributed by atoms with Crippen LogP contribution in [0.4, 0.5) is 0 Å². The minimum Gasteiger partial charge on any atom is -0.378 e. The van der Waals surface area contributed by atoms with Gasteiger partial charge >= 0.3 is 0 Å². The molecule has 0 aromatic carbocycles. The second kappa shape index (κ2) is 5.60. The Labute approximate surface area is 79.7 Å². The van der Waals surface area contributed by atoms with E-state index < -0.39 is 0 Å². The molecule has 2 heteroatoms. The van der Waals surface area contributed by atoms with E-state index in [2.05, 4.69) is 6.58 Å². The zero-order chi connectivity index (χ0) is 8.81. The monoisotopic (exact) mass is 188 g/mol. The van der Waals surface area contributed by atoms with Crippen molar-refractivity contribution in [3.8, 4) is 0 Å². The van der Waals surface area contributed by atoms with Crippen LogP contribution in [0.25, 0.3) is 0 Å². The molecule has 2 atom stereocenters. The quantitative estimate of drug-likeness (QED) is 0.476. The van der Waals surface area contributed by atoms with Crippen molar-refractivity contribution < 1.29 is 4.74 Å². The van der Waals surface area contributed by atoms with Gasteiger partial charge in [0, 0.05) is 12.5 Å². The Morgan fingerprint density at radius 2 is 2.50 bits per heavy atom. The van der Waals surface area contributed by atoms with Crippen LogP contribution in [0.1, 0.15) is 25.7 Å². The number of halogens is 1. The van der Waals surface area contributed by atoms with Gasteiger partial charge in [0.1, 0.15) is 0 Å². The Morgan fingerprint density at radius 1 is 1.67 bits per heavy atom. The molecule has 0 aromatic rings. The number of rotatable bonds is 5. The Kier molecular flexibility index (Phi) is 4.70. The number of alkyl halides is 1. The van der Waals surface area contributed by atoms with Crippen LogP contribution < -0.4 is 0 Å². The SMILES string of the molecule is C=CCC(CCl)C[C@H]1CCCO1. The normalized spacial score (nSPS) is 25.6. The van der Waals surface area contributed by atoms with E-state index >= 15 is 0 Å². The molecule has 1 aliphatic rings. The van der Waals surface area contributed by atoms with Crippen LogP contribution in [0.5, 0.6) is 0 Å². The summed E-state index contributed by atoms with van der Waals surface area (Å²) in [4.78, 5) is 0. The first-order valence-corrected chi connectivity index (χ1v) is 5.18. The molecule has 0 N–H and O–H groups in total. The highest BCUT2D eigenvalue weighted by Crippen LogP contribution is 2.22. The number of hydrogen-bond donors (Lipinski definition) is 0. The van der Waals surface area contributed by atoms with Crippen molar-refractivity contribution in [1.29, 1.82) is 0 Å². The molecule has 1 unspecified atom stereocenters. The molecule has 0 bridgehead atoms. The molecule has 1 heterocycles. The summed E-state index contributed by atoms with van der Waals surface area (Å²) >= 11 is 5.82. The first-order chi connectivity index (χ1) is 5.86. The fraction of sp³-hybridized carbons (Fsp3) is 0.800. The first-order valence-electron chi connectivity index (χ1n) is 4.65. The lowest BCUT2D eigenvalue weighted by atomic mass is 9.98. The molecule has 1 aliphatic heterocycles. The molecular formula is C10H17ClO. The highest BCUT2D eigenvalue weighted by Gasteiger charge is 2.19. The van der Waals surface area contributed by atoms with Crippen LogP contribution in [0, 0.1) is 5.92 Å². The van der Waals surface area contributed by atoms with Gasteiger partial charge in [-0.15, -0.1) is 18.2 Å². The summed E-state index contributed by atoms with van der Waals surface area (Å²) in [6.45, 7) is 4.66. The third kappa shape index (κ3) is 3.16. The van der Waals surface area contributed by atoms with Crippen molar-refractivity contribution in [2.24, 2.45) is 5.92 Å². The summed E-state index contributed by atoms with van der Waals surface area (Å²) in [5, 5.41) is 0. The molecule has 1 nitrogen and oxygen atoms in total. The molecule has 0 radical (unpaired) electrons. The first kappa shape index (κ1) is 10.1. The highest BCUT2D eigenvalue weighted by molar-refractivity contribution is 6.18. The minimum absolute atomic E-state index is 0.466. The number of allylic oxidation sites excluding steroid dienone is 1. The highest BCUT2D eigenvalue weighted by atomic mass is 35.5. The largest absolute Gasteiger partial charge is 0.378 e. The van der Waals surface area contributed by atoms with Crippen molar-refractivity contribution in [3.05, 3.63) is 12.7 Å². The Morgan fingerprint density at radius 3 is 3.00 bits per heavy atom. The van der Waals surface area contributed by atoms with Crippen LogP contribution >= 0.6 is 11.6 Å². The number of hydrogen-bond acceptors (Lipinski definition) is 1. The average Bonchev–Trinajstić information content (AvgIpc) is 2.56. The molecule has 1 saturated heterocycles. The predicted octanol–water partition coefficient (Wildman–Crippen LogP) is 2.99. The van der Waals surface area contributed by atoms with E-state index in [9.17, 15) is 0 Å². The van der Waals surface area contributed by atoms with Gasteiger partial charge in [0.05, 0.1) is 6.10 Å². The summed E-state index contributed by atoms with van der Waals surface area (Å²) in [5.41, 5.74) is 0.